The average molecular weight is 617 g/mol. The van der Waals surface area contributed by atoms with Crippen molar-refractivity contribution in [3.8, 4) is 17.4 Å². The number of benzene rings is 2. The van der Waals surface area contributed by atoms with Crippen molar-refractivity contribution in [1.29, 1.82) is 0 Å². The van der Waals surface area contributed by atoms with Crippen LogP contribution < -0.4 is 15.0 Å². The van der Waals surface area contributed by atoms with Gasteiger partial charge in [0.25, 0.3) is 11.2 Å². The second-order valence-corrected chi connectivity index (χ2v) is 9.15. The molecule has 10 nitrogen and oxygen atoms in total. The molecule has 36 heavy (non-hydrogen) atoms. The summed E-state index contributed by atoms with van der Waals surface area (Å²) in [7, 11) is 0. The van der Waals surface area contributed by atoms with Gasteiger partial charge >= 0.3 is 0 Å². The van der Waals surface area contributed by atoms with Crippen LogP contribution in [-0.4, -0.2) is 32.4 Å². The highest BCUT2D eigenvalue weighted by atomic mass is 79.9. The van der Waals surface area contributed by atoms with E-state index in [-0.39, 0.29) is 17.1 Å². The Labute approximate surface area is 222 Å². The van der Waals surface area contributed by atoms with E-state index in [1.165, 1.54) is 23.0 Å². The number of fused-ring (bicyclic) bond motifs is 1. The Morgan fingerprint density at radius 3 is 2.64 bits per heavy atom. The Bertz CT molecular complexity index is 1540. The van der Waals surface area contributed by atoms with E-state index in [9.17, 15) is 14.9 Å². The van der Waals surface area contributed by atoms with Gasteiger partial charge in [0.1, 0.15) is 12.0 Å². The topological polar surface area (TPSA) is 122 Å². The van der Waals surface area contributed by atoms with Gasteiger partial charge in [0, 0.05) is 23.0 Å². The van der Waals surface area contributed by atoms with Crippen molar-refractivity contribution >= 4 is 54.7 Å². The number of nitro groups is 1. The molecule has 12 heteroatoms. The fraction of sp³-hybridized carbons (Fsp3) is 0.167. The largest absolute Gasteiger partial charge is 0.490 e. The first kappa shape index (κ1) is 25.5. The lowest BCUT2D eigenvalue weighted by Gasteiger charge is -2.14. The zero-order valence-electron chi connectivity index (χ0n) is 19.1. The maximum Gasteiger partial charge on any atom is 0.287 e. The molecule has 0 saturated carbocycles. The first-order valence-electron chi connectivity index (χ1n) is 10.8. The number of hydrogen-bond donors (Lipinski definition) is 0. The molecule has 2 aromatic heterocycles. The van der Waals surface area contributed by atoms with Crippen LogP contribution in [0.3, 0.4) is 0 Å². The van der Waals surface area contributed by atoms with Gasteiger partial charge in [-0.1, -0.05) is 22.9 Å². The number of halogens is 2. The summed E-state index contributed by atoms with van der Waals surface area (Å²) in [5, 5.41) is 15.7. The lowest BCUT2D eigenvalue weighted by molar-refractivity contribution is -0.385. The Hall–Kier alpha value is -3.64. The summed E-state index contributed by atoms with van der Waals surface area (Å²) in [6.07, 6.45) is 3.17. The second kappa shape index (κ2) is 11.0. The molecule has 0 radical (unpaired) electrons. The third-order valence-electron chi connectivity index (χ3n) is 4.98. The van der Waals surface area contributed by atoms with Crippen molar-refractivity contribution in [3.05, 3.63) is 89.5 Å². The van der Waals surface area contributed by atoms with Crippen LogP contribution in [0, 0.1) is 10.1 Å². The number of pyridine rings is 1. The summed E-state index contributed by atoms with van der Waals surface area (Å²) in [6.45, 7) is 4.09. The molecule has 0 unspecified atom stereocenters. The molecule has 0 aliphatic heterocycles. The average Bonchev–Trinajstić information content (AvgIpc) is 2.86. The van der Waals surface area contributed by atoms with Crippen LogP contribution in [0.25, 0.3) is 10.9 Å². The fourth-order valence-electron chi connectivity index (χ4n) is 3.34. The van der Waals surface area contributed by atoms with Crippen molar-refractivity contribution in [2.75, 3.05) is 6.61 Å². The fourth-order valence-corrected chi connectivity index (χ4v) is 4.24. The predicted molar refractivity (Wildman–Crippen MR) is 142 cm³/mol. The summed E-state index contributed by atoms with van der Waals surface area (Å²) in [4.78, 5) is 32.0. The number of ether oxygens (including phenoxy) is 2. The molecule has 0 fully saturated rings. The van der Waals surface area contributed by atoms with Gasteiger partial charge in [-0.3, -0.25) is 14.9 Å². The van der Waals surface area contributed by atoms with Crippen LogP contribution in [0.15, 0.2) is 67.5 Å². The molecular weight excluding hydrogens is 598 g/mol. The highest BCUT2D eigenvalue weighted by Gasteiger charge is 2.15. The maximum absolute atomic E-state index is 13.1. The van der Waals surface area contributed by atoms with Crippen LogP contribution in [0.2, 0.25) is 0 Å². The summed E-state index contributed by atoms with van der Waals surface area (Å²) in [5.74, 6) is 1.44. The third-order valence-corrected chi connectivity index (χ3v) is 6.07. The molecule has 184 valence electrons. The van der Waals surface area contributed by atoms with E-state index in [1.807, 2.05) is 19.9 Å². The molecule has 0 atom stereocenters. The number of aromatic nitrogens is 3. The molecule has 2 aromatic carbocycles. The van der Waals surface area contributed by atoms with E-state index in [1.54, 1.807) is 24.3 Å². The van der Waals surface area contributed by atoms with Crippen LogP contribution in [0.5, 0.6) is 17.4 Å². The minimum atomic E-state index is -0.536. The van der Waals surface area contributed by atoms with Gasteiger partial charge in [-0.2, -0.15) is 9.78 Å². The highest BCUT2D eigenvalue weighted by molar-refractivity contribution is 9.10. The molecule has 4 rings (SSSR count). The lowest BCUT2D eigenvalue weighted by atomic mass is 10.2. The second-order valence-electron chi connectivity index (χ2n) is 7.38. The molecule has 0 spiro atoms. The molecule has 0 aliphatic carbocycles. The van der Waals surface area contributed by atoms with E-state index >= 15 is 0 Å². The zero-order chi connectivity index (χ0) is 25.8. The summed E-state index contributed by atoms with van der Waals surface area (Å²) in [6, 6.07) is 11.5. The van der Waals surface area contributed by atoms with E-state index in [2.05, 4.69) is 46.9 Å². The van der Waals surface area contributed by atoms with Crippen LogP contribution in [-0.2, 0) is 6.42 Å². The van der Waals surface area contributed by atoms with Crippen LogP contribution in [0.1, 0.15) is 25.2 Å². The first-order valence-corrected chi connectivity index (χ1v) is 12.4. The number of rotatable bonds is 8. The lowest BCUT2D eigenvalue weighted by Crippen LogP contribution is -2.22. The highest BCUT2D eigenvalue weighted by Crippen LogP contribution is 2.39. The van der Waals surface area contributed by atoms with Crippen molar-refractivity contribution in [2.45, 2.75) is 20.3 Å². The summed E-state index contributed by atoms with van der Waals surface area (Å²) >= 11 is 6.88. The normalized spacial score (nSPS) is 11.2. The molecule has 0 bridgehead atoms. The molecule has 0 amide bonds. The molecular formula is C24H19Br2N5O5. The minimum Gasteiger partial charge on any atom is -0.490 e. The van der Waals surface area contributed by atoms with Gasteiger partial charge in [0.15, 0.2) is 11.5 Å². The Kier molecular flexibility index (Phi) is 7.75. The van der Waals surface area contributed by atoms with Gasteiger partial charge in [-0.05, 0) is 58.7 Å². The summed E-state index contributed by atoms with van der Waals surface area (Å²) < 4.78 is 14.2. The van der Waals surface area contributed by atoms with Gasteiger partial charge < -0.3 is 9.47 Å². The van der Waals surface area contributed by atoms with Crippen molar-refractivity contribution in [3.63, 3.8) is 0 Å². The number of aryl methyl sites for hydroxylation is 1. The predicted octanol–water partition coefficient (Wildman–Crippen LogP) is 5.86. The van der Waals surface area contributed by atoms with E-state index in [4.69, 9.17) is 9.47 Å². The number of hydrogen-bond acceptors (Lipinski definition) is 8. The Morgan fingerprint density at radius 2 is 1.97 bits per heavy atom. The molecule has 0 N–H and O–H groups in total. The Morgan fingerprint density at radius 1 is 1.17 bits per heavy atom. The smallest absolute Gasteiger partial charge is 0.287 e. The van der Waals surface area contributed by atoms with Crippen molar-refractivity contribution in [2.24, 2.45) is 5.10 Å². The van der Waals surface area contributed by atoms with E-state index in [0.29, 0.717) is 51.3 Å². The van der Waals surface area contributed by atoms with Gasteiger partial charge in [-0.25, -0.2) is 9.97 Å². The van der Waals surface area contributed by atoms with E-state index < -0.39 is 4.92 Å². The van der Waals surface area contributed by atoms with Crippen molar-refractivity contribution < 1.29 is 14.4 Å². The van der Waals surface area contributed by atoms with Crippen molar-refractivity contribution in [1.82, 2.24) is 14.6 Å². The van der Waals surface area contributed by atoms with Gasteiger partial charge in [0.05, 0.1) is 33.1 Å². The molecule has 0 aliphatic rings. The number of nitrogens with zero attached hydrogens (tertiary/aromatic N) is 5. The SMILES string of the molecule is CCOc1cc(C=Nn2c(CC)nc3ccc(Br)cc3c2=O)cc(Br)c1Oc1ccc([N+](=O)[O-])cn1. The van der Waals surface area contributed by atoms with Gasteiger partial charge in [0.2, 0.25) is 5.88 Å². The quantitative estimate of drug-likeness (QED) is 0.138. The van der Waals surface area contributed by atoms with Gasteiger partial charge in [-0.15, -0.1) is 0 Å². The zero-order valence-corrected chi connectivity index (χ0v) is 22.3. The van der Waals surface area contributed by atoms with Crippen LogP contribution in [0.4, 0.5) is 5.69 Å². The van der Waals surface area contributed by atoms with E-state index in [0.717, 1.165) is 10.7 Å². The third kappa shape index (κ3) is 5.44. The molecule has 2 heterocycles. The standard InChI is InChI=1S/C24H19Br2N5O5/c1-3-21-29-19-7-5-15(25)11-17(19)24(32)30(21)28-12-14-9-18(26)23(20(10-14)35-4-2)36-22-8-6-16(13-27-22)31(33)34/h5-13H,3-4H2,1-2H3. The maximum atomic E-state index is 13.1. The monoisotopic (exact) mass is 615 g/mol. The Balaban J connectivity index is 1.71. The molecule has 0 saturated heterocycles. The summed E-state index contributed by atoms with van der Waals surface area (Å²) in [5.41, 5.74) is 0.824. The minimum absolute atomic E-state index is 0.143. The van der Waals surface area contributed by atoms with Crippen LogP contribution >= 0.6 is 31.9 Å². The first-order chi connectivity index (χ1) is 17.3. The molecule has 4 aromatic rings.